The molecule has 0 saturated carbocycles. The Labute approximate surface area is 178 Å². The van der Waals surface area contributed by atoms with E-state index in [1.54, 1.807) is 36.4 Å². The number of piperazine rings is 1. The lowest BCUT2D eigenvalue weighted by molar-refractivity contribution is 0.0667. The van der Waals surface area contributed by atoms with Crippen LogP contribution in [0.25, 0.3) is 11.3 Å². The molecular weight excluding hydrogens is 431 g/mol. The first kappa shape index (κ1) is 20.6. The van der Waals surface area contributed by atoms with Crippen LogP contribution in [-0.2, 0) is 10.0 Å². The zero-order valence-corrected chi connectivity index (χ0v) is 17.4. The second kappa shape index (κ2) is 8.22. The highest BCUT2D eigenvalue weighted by Gasteiger charge is 2.32. The third-order valence-corrected chi connectivity index (χ3v) is 7.33. The standard InChI is InChI=1S/C21H18ClFN2O4S/c22-16-6-2-4-8-20(16)30(27,28)25-13-11-24(12-14-25)21(26)19-10-9-18(29-19)15-5-1-3-7-17(15)23/h1-10H,11-14H2. The summed E-state index contributed by atoms with van der Waals surface area (Å²) >= 11 is 6.04. The molecule has 0 radical (unpaired) electrons. The predicted molar refractivity (Wildman–Crippen MR) is 110 cm³/mol. The van der Waals surface area contributed by atoms with Gasteiger partial charge in [0.2, 0.25) is 10.0 Å². The van der Waals surface area contributed by atoms with Crippen molar-refractivity contribution in [3.8, 4) is 11.3 Å². The number of sulfonamides is 1. The minimum Gasteiger partial charge on any atom is -0.451 e. The summed E-state index contributed by atoms with van der Waals surface area (Å²) in [4.78, 5) is 14.3. The van der Waals surface area contributed by atoms with E-state index < -0.39 is 15.8 Å². The van der Waals surface area contributed by atoms with Crippen molar-refractivity contribution in [2.75, 3.05) is 26.2 Å². The number of nitrogens with zero attached hydrogens (tertiary/aromatic N) is 2. The van der Waals surface area contributed by atoms with E-state index in [9.17, 15) is 17.6 Å². The summed E-state index contributed by atoms with van der Waals surface area (Å²) in [5, 5.41) is 0.160. The topological polar surface area (TPSA) is 70.8 Å². The summed E-state index contributed by atoms with van der Waals surface area (Å²) in [7, 11) is -3.74. The Bertz CT molecular complexity index is 1190. The van der Waals surface area contributed by atoms with E-state index in [0.717, 1.165) is 0 Å². The van der Waals surface area contributed by atoms with Crippen molar-refractivity contribution < 1.29 is 22.0 Å². The monoisotopic (exact) mass is 448 g/mol. The number of carbonyl (C=O) groups is 1. The maximum Gasteiger partial charge on any atom is 0.289 e. The van der Waals surface area contributed by atoms with Crippen molar-refractivity contribution in [1.29, 1.82) is 0 Å². The van der Waals surface area contributed by atoms with Gasteiger partial charge in [0.05, 0.1) is 10.6 Å². The van der Waals surface area contributed by atoms with E-state index in [0.29, 0.717) is 0 Å². The van der Waals surface area contributed by atoms with Crippen molar-refractivity contribution in [2.24, 2.45) is 0 Å². The number of rotatable bonds is 4. The summed E-state index contributed by atoms with van der Waals surface area (Å²) < 4.78 is 46.5. The lowest BCUT2D eigenvalue weighted by atomic mass is 10.1. The molecule has 0 atom stereocenters. The highest BCUT2D eigenvalue weighted by Crippen LogP contribution is 2.27. The van der Waals surface area contributed by atoms with Gasteiger partial charge in [-0.2, -0.15) is 4.31 Å². The SMILES string of the molecule is O=C(c1ccc(-c2ccccc2F)o1)N1CCN(S(=O)(=O)c2ccccc2Cl)CC1. The second-order valence-corrected chi connectivity index (χ2v) is 9.08. The van der Waals surface area contributed by atoms with Gasteiger partial charge >= 0.3 is 0 Å². The number of benzene rings is 2. The quantitative estimate of drug-likeness (QED) is 0.607. The molecule has 156 valence electrons. The van der Waals surface area contributed by atoms with Gasteiger partial charge in [-0.15, -0.1) is 0 Å². The molecule has 0 aliphatic carbocycles. The number of furan rings is 1. The van der Waals surface area contributed by atoms with Crippen LogP contribution in [-0.4, -0.2) is 49.7 Å². The molecule has 3 aromatic rings. The van der Waals surface area contributed by atoms with E-state index in [4.69, 9.17) is 16.0 Å². The van der Waals surface area contributed by atoms with Gasteiger partial charge in [-0.3, -0.25) is 4.79 Å². The summed E-state index contributed by atoms with van der Waals surface area (Å²) in [5.41, 5.74) is 0.271. The molecule has 1 aromatic heterocycles. The van der Waals surface area contributed by atoms with Crippen LogP contribution in [0.3, 0.4) is 0 Å². The average Bonchev–Trinajstić information content (AvgIpc) is 3.24. The van der Waals surface area contributed by atoms with Crippen LogP contribution < -0.4 is 0 Å². The second-order valence-electron chi connectivity index (χ2n) is 6.77. The lowest BCUT2D eigenvalue weighted by Crippen LogP contribution is -2.50. The van der Waals surface area contributed by atoms with Gasteiger partial charge < -0.3 is 9.32 Å². The van der Waals surface area contributed by atoms with Crippen molar-refractivity contribution >= 4 is 27.5 Å². The molecule has 6 nitrogen and oxygen atoms in total. The lowest BCUT2D eigenvalue weighted by Gasteiger charge is -2.33. The number of hydrogen-bond donors (Lipinski definition) is 0. The molecular formula is C21H18ClFN2O4S. The number of halogens is 2. The van der Waals surface area contributed by atoms with Gasteiger partial charge in [0.1, 0.15) is 16.5 Å². The summed E-state index contributed by atoms with van der Waals surface area (Å²) in [6.07, 6.45) is 0. The van der Waals surface area contributed by atoms with Gasteiger partial charge in [0, 0.05) is 26.2 Å². The molecule has 30 heavy (non-hydrogen) atoms. The number of hydrogen-bond acceptors (Lipinski definition) is 4. The minimum atomic E-state index is -3.74. The molecule has 1 fully saturated rings. The van der Waals surface area contributed by atoms with Crippen molar-refractivity contribution in [2.45, 2.75) is 4.90 Å². The van der Waals surface area contributed by atoms with E-state index in [-0.39, 0.29) is 59.1 Å². The fourth-order valence-electron chi connectivity index (χ4n) is 3.34. The van der Waals surface area contributed by atoms with Gasteiger partial charge in [-0.05, 0) is 36.4 Å². The molecule has 2 heterocycles. The van der Waals surface area contributed by atoms with E-state index >= 15 is 0 Å². The predicted octanol–water partition coefficient (Wildman–Crippen LogP) is 3.89. The van der Waals surface area contributed by atoms with Crippen LogP contribution in [0, 0.1) is 5.82 Å². The molecule has 1 aliphatic heterocycles. The molecule has 4 rings (SSSR count). The first-order valence-electron chi connectivity index (χ1n) is 9.26. The van der Waals surface area contributed by atoms with E-state index in [1.165, 1.54) is 33.5 Å². The smallest absolute Gasteiger partial charge is 0.289 e. The Morgan fingerprint density at radius 1 is 0.933 bits per heavy atom. The molecule has 2 aromatic carbocycles. The van der Waals surface area contributed by atoms with Crippen LogP contribution in [0.15, 0.2) is 70.0 Å². The zero-order valence-electron chi connectivity index (χ0n) is 15.8. The van der Waals surface area contributed by atoms with Gasteiger partial charge in [-0.1, -0.05) is 35.9 Å². The first-order valence-corrected chi connectivity index (χ1v) is 11.1. The molecule has 1 saturated heterocycles. The molecule has 0 N–H and O–H groups in total. The van der Waals surface area contributed by atoms with E-state index in [1.807, 2.05) is 0 Å². The molecule has 1 amide bonds. The van der Waals surface area contributed by atoms with Crippen LogP contribution >= 0.6 is 11.6 Å². The molecule has 0 unspecified atom stereocenters. The van der Waals surface area contributed by atoms with Crippen LogP contribution in [0.4, 0.5) is 4.39 Å². The largest absolute Gasteiger partial charge is 0.451 e. The molecule has 0 bridgehead atoms. The fourth-order valence-corrected chi connectivity index (χ4v) is 5.25. The highest BCUT2D eigenvalue weighted by atomic mass is 35.5. The van der Waals surface area contributed by atoms with Gasteiger partial charge in [0.25, 0.3) is 5.91 Å². The first-order chi connectivity index (χ1) is 14.4. The summed E-state index contributed by atoms with van der Waals surface area (Å²) in [6.45, 7) is 0.691. The van der Waals surface area contributed by atoms with Crippen molar-refractivity contribution in [1.82, 2.24) is 9.21 Å². The highest BCUT2D eigenvalue weighted by molar-refractivity contribution is 7.89. The Balaban J connectivity index is 1.45. The minimum absolute atomic E-state index is 0.0482. The Morgan fingerprint density at radius 2 is 1.60 bits per heavy atom. The van der Waals surface area contributed by atoms with Gasteiger partial charge in [0.15, 0.2) is 5.76 Å². The maximum atomic E-state index is 13.9. The van der Waals surface area contributed by atoms with Crippen LogP contribution in [0.1, 0.15) is 10.6 Å². The molecule has 9 heteroatoms. The number of amides is 1. The van der Waals surface area contributed by atoms with Crippen LogP contribution in [0.2, 0.25) is 5.02 Å². The normalized spacial score (nSPS) is 15.3. The molecule has 1 aliphatic rings. The van der Waals surface area contributed by atoms with Crippen LogP contribution in [0.5, 0.6) is 0 Å². The Kier molecular flexibility index (Phi) is 5.64. The summed E-state index contributed by atoms with van der Waals surface area (Å²) in [5.74, 6) is -0.469. The maximum absolute atomic E-state index is 13.9. The zero-order chi connectivity index (χ0) is 21.3. The van der Waals surface area contributed by atoms with Crippen molar-refractivity contribution in [3.05, 3.63) is 77.3 Å². The fraction of sp³-hybridized carbons (Fsp3) is 0.190. The number of carbonyl (C=O) groups excluding carboxylic acids is 1. The Morgan fingerprint density at radius 3 is 2.30 bits per heavy atom. The van der Waals surface area contributed by atoms with Crippen molar-refractivity contribution in [3.63, 3.8) is 0 Å². The third kappa shape index (κ3) is 3.86. The van der Waals surface area contributed by atoms with E-state index in [2.05, 4.69) is 0 Å². The average molecular weight is 449 g/mol. The van der Waals surface area contributed by atoms with Gasteiger partial charge in [-0.25, -0.2) is 12.8 Å². The third-order valence-electron chi connectivity index (χ3n) is 4.94. The summed E-state index contributed by atoms with van der Waals surface area (Å²) in [6, 6.07) is 15.4. The molecule has 0 spiro atoms. The Hall–Kier alpha value is -2.68.